The van der Waals surface area contributed by atoms with Gasteiger partial charge in [0.15, 0.2) is 11.6 Å². The summed E-state index contributed by atoms with van der Waals surface area (Å²) in [6, 6.07) is 8.64. The van der Waals surface area contributed by atoms with E-state index in [0.717, 1.165) is 61.7 Å². The fourth-order valence-electron chi connectivity index (χ4n) is 5.24. The molecule has 2 fully saturated rings. The van der Waals surface area contributed by atoms with Crippen LogP contribution in [0, 0.1) is 0 Å². The highest BCUT2D eigenvalue weighted by Crippen LogP contribution is 2.38. The highest BCUT2D eigenvalue weighted by Gasteiger charge is 2.36. The van der Waals surface area contributed by atoms with Gasteiger partial charge in [-0.15, -0.1) is 10.2 Å². The fraction of sp³-hybridized carbons (Fsp3) is 0.458. The molecule has 1 aromatic carbocycles. The summed E-state index contributed by atoms with van der Waals surface area (Å²) in [7, 11) is 1.87. The maximum Gasteiger partial charge on any atom is 0.194 e. The van der Waals surface area contributed by atoms with E-state index in [-0.39, 0.29) is 5.75 Å². The second kappa shape index (κ2) is 8.31. The number of morpholine rings is 1. The van der Waals surface area contributed by atoms with Crippen LogP contribution in [0.2, 0.25) is 0 Å². The van der Waals surface area contributed by atoms with Gasteiger partial charge < -0.3 is 24.8 Å². The quantitative estimate of drug-likeness (QED) is 0.630. The zero-order valence-electron chi connectivity index (χ0n) is 18.6. The smallest absolute Gasteiger partial charge is 0.194 e. The number of aromatic hydroxyl groups is 1. The van der Waals surface area contributed by atoms with Crippen LogP contribution in [0.1, 0.15) is 19.3 Å². The number of phenolic OH excluding ortho intramolecular Hbond substituents is 1. The third kappa shape index (κ3) is 3.91. The SMILES string of the molecule is Cn1cc(-c2ccc(-c3cc4c(nn3)N(C3C[C@H]5COC[C@@H](C3)N5)CCCO4)c(O)c2)cn1. The summed E-state index contributed by atoms with van der Waals surface area (Å²) in [5, 5.41) is 27.7. The molecule has 3 aromatic rings. The minimum absolute atomic E-state index is 0.155. The van der Waals surface area contributed by atoms with E-state index in [2.05, 4.69) is 25.5 Å². The minimum Gasteiger partial charge on any atom is -0.507 e. The first-order valence-corrected chi connectivity index (χ1v) is 11.6. The van der Waals surface area contributed by atoms with Crippen LogP contribution in [0.5, 0.6) is 11.5 Å². The molecule has 5 heterocycles. The topological polar surface area (TPSA) is 97.6 Å². The number of phenols is 1. The molecule has 0 amide bonds. The molecule has 9 nitrogen and oxygen atoms in total. The van der Waals surface area contributed by atoms with Crippen LogP contribution in [0.4, 0.5) is 5.82 Å². The van der Waals surface area contributed by atoms with Gasteiger partial charge >= 0.3 is 0 Å². The van der Waals surface area contributed by atoms with Crippen molar-refractivity contribution in [2.75, 3.05) is 31.3 Å². The average molecular weight is 449 g/mol. The fourth-order valence-corrected chi connectivity index (χ4v) is 5.24. The number of nitrogens with zero attached hydrogens (tertiary/aromatic N) is 5. The largest absolute Gasteiger partial charge is 0.507 e. The Balaban J connectivity index is 1.30. The van der Waals surface area contributed by atoms with E-state index in [0.29, 0.717) is 36.0 Å². The highest BCUT2D eigenvalue weighted by molar-refractivity contribution is 5.75. The number of benzene rings is 1. The van der Waals surface area contributed by atoms with E-state index in [4.69, 9.17) is 9.47 Å². The first kappa shape index (κ1) is 20.4. The number of aryl methyl sites for hydroxylation is 1. The Morgan fingerprint density at radius 2 is 1.94 bits per heavy atom. The number of anilines is 1. The Morgan fingerprint density at radius 3 is 2.70 bits per heavy atom. The number of nitrogens with one attached hydrogen (secondary N) is 1. The zero-order chi connectivity index (χ0) is 22.4. The van der Waals surface area contributed by atoms with Crippen molar-refractivity contribution in [2.45, 2.75) is 37.4 Å². The van der Waals surface area contributed by atoms with E-state index in [1.54, 1.807) is 16.9 Å². The van der Waals surface area contributed by atoms with Gasteiger partial charge in [0, 0.05) is 55.1 Å². The molecule has 1 unspecified atom stereocenters. The summed E-state index contributed by atoms with van der Waals surface area (Å²) in [6.45, 7) is 3.07. The summed E-state index contributed by atoms with van der Waals surface area (Å²) in [5.74, 6) is 1.68. The van der Waals surface area contributed by atoms with Gasteiger partial charge in [-0.2, -0.15) is 5.10 Å². The van der Waals surface area contributed by atoms with Crippen molar-refractivity contribution in [1.29, 1.82) is 0 Å². The van der Waals surface area contributed by atoms with Crippen molar-refractivity contribution in [3.63, 3.8) is 0 Å². The minimum atomic E-state index is 0.155. The molecule has 6 rings (SSSR count). The van der Waals surface area contributed by atoms with Crippen molar-refractivity contribution >= 4 is 5.82 Å². The molecule has 3 atom stereocenters. The van der Waals surface area contributed by atoms with Crippen LogP contribution in [-0.2, 0) is 11.8 Å². The number of piperidine rings is 1. The first-order chi connectivity index (χ1) is 16.1. The number of hydrogen-bond acceptors (Lipinski definition) is 8. The molecule has 0 aliphatic carbocycles. The van der Waals surface area contributed by atoms with Crippen LogP contribution < -0.4 is 15.0 Å². The molecule has 0 saturated carbocycles. The molecule has 0 spiro atoms. The molecule has 2 bridgehead atoms. The normalized spacial score (nSPS) is 24.6. The Morgan fingerprint density at radius 1 is 1.09 bits per heavy atom. The predicted octanol–water partition coefficient (Wildman–Crippen LogP) is 2.36. The summed E-state index contributed by atoms with van der Waals surface area (Å²) in [4.78, 5) is 2.37. The molecule has 3 aliphatic heterocycles. The second-order valence-corrected chi connectivity index (χ2v) is 9.17. The van der Waals surface area contributed by atoms with Gasteiger partial charge in [-0.25, -0.2) is 0 Å². The van der Waals surface area contributed by atoms with Crippen molar-refractivity contribution < 1.29 is 14.6 Å². The monoisotopic (exact) mass is 448 g/mol. The molecular formula is C24H28N6O3. The number of hydrogen-bond donors (Lipinski definition) is 2. The third-order valence-corrected chi connectivity index (χ3v) is 6.79. The van der Waals surface area contributed by atoms with E-state index < -0.39 is 0 Å². The molecule has 2 aromatic heterocycles. The molecule has 2 N–H and O–H groups in total. The lowest BCUT2D eigenvalue weighted by molar-refractivity contribution is 0.0178. The first-order valence-electron chi connectivity index (χ1n) is 11.6. The van der Waals surface area contributed by atoms with Crippen LogP contribution in [-0.4, -0.2) is 69.6 Å². The number of rotatable bonds is 3. The zero-order valence-corrected chi connectivity index (χ0v) is 18.6. The lowest BCUT2D eigenvalue weighted by atomic mass is 9.91. The Bertz CT molecular complexity index is 1150. The van der Waals surface area contributed by atoms with Gasteiger partial charge in [-0.05, 0) is 37.0 Å². The van der Waals surface area contributed by atoms with Crippen LogP contribution in [0.3, 0.4) is 0 Å². The Kier molecular flexibility index (Phi) is 5.15. The molecule has 0 radical (unpaired) electrons. The Hall–Kier alpha value is -3.17. The van der Waals surface area contributed by atoms with Gasteiger partial charge in [-0.3, -0.25) is 4.68 Å². The van der Waals surface area contributed by atoms with Crippen LogP contribution in [0.25, 0.3) is 22.4 Å². The van der Waals surface area contributed by atoms with E-state index in [9.17, 15) is 5.11 Å². The van der Waals surface area contributed by atoms with E-state index >= 15 is 0 Å². The lowest BCUT2D eigenvalue weighted by Crippen LogP contribution is -2.59. The lowest BCUT2D eigenvalue weighted by Gasteiger charge is -2.44. The van der Waals surface area contributed by atoms with Crippen molar-refractivity contribution in [2.24, 2.45) is 7.05 Å². The number of fused-ring (bicyclic) bond motifs is 3. The van der Waals surface area contributed by atoms with Crippen molar-refractivity contribution in [3.8, 4) is 33.9 Å². The summed E-state index contributed by atoms with van der Waals surface area (Å²) in [6.07, 6.45) is 6.68. The van der Waals surface area contributed by atoms with E-state index in [1.165, 1.54) is 0 Å². The van der Waals surface area contributed by atoms with Gasteiger partial charge in [0.1, 0.15) is 11.4 Å². The summed E-state index contributed by atoms with van der Waals surface area (Å²) in [5.41, 5.74) is 3.07. The van der Waals surface area contributed by atoms with Crippen LogP contribution >= 0.6 is 0 Å². The maximum atomic E-state index is 10.8. The number of ether oxygens (including phenoxy) is 2. The van der Waals surface area contributed by atoms with Gasteiger partial charge in [0.2, 0.25) is 0 Å². The maximum absolute atomic E-state index is 10.8. The summed E-state index contributed by atoms with van der Waals surface area (Å²) < 4.78 is 13.5. The molecule has 3 aliphatic rings. The van der Waals surface area contributed by atoms with Crippen molar-refractivity contribution in [1.82, 2.24) is 25.3 Å². The second-order valence-electron chi connectivity index (χ2n) is 9.17. The highest BCUT2D eigenvalue weighted by atomic mass is 16.5. The molecule has 172 valence electrons. The molecular weight excluding hydrogens is 420 g/mol. The predicted molar refractivity (Wildman–Crippen MR) is 123 cm³/mol. The van der Waals surface area contributed by atoms with Crippen LogP contribution in [0.15, 0.2) is 36.7 Å². The molecule has 2 saturated heterocycles. The third-order valence-electron chi connectivity index (χ3n) is 6.79. The standard InChI is InChI=1S/C24H28N6O3/c1-29-12-16(11-25-29)15-3-4-20(22(31)7-15)21-10-23-24(28-27-21)30(5-2-6-33-23)19-8-17-13-32-14-18(9-19)26-17/h3-4,7,10-12,17-19,26,31H,2,5-6,8-9,13-14H2,1H3/t17-,18+,19?. The average Bonchev–Trinajstić information content (AvgIpc) is 3.14. The Labute approximate surface area is 192 Å². The van der Waals surface area contributed by atoms with Gasteiger partial charge in [0.05, 0.1) is 26.0 Å². The summed E-state index contributed by atoms with van der Waals surface area (Å²) >= 11 is 0. The van der Waals surface area contributed by atoms with Gasteiger partial charge in [-0.1, -0.05) is 6.07 Å². The number of aromatic nitrogens is 4. The molecule has 33 heavy (non-hydrogen) atoms. The van der Waals surface area contributed by atoms with Crippen molar-refractivity contribution in [3.05, 3.63) is 36.7 Å². The van der Waals surface area contributed by atoms with Gasteiger partial charge in [0.25, 0.3) is 0 Å². The van der Waals surface area contributed by atoms with E-state index in [1.807, 2.05) is 31.4 Å². The molecule has 9 heteroatoms.